The summed E-state index contributed by atoms with van der Waals surface area (Å²) in [5.41, 5.74) is 2.42. The van der Waals surface area contributed by atoms with Crippen LogP contribution in [-0.2, 0) is 12.8 Å². The van der Waals surface area contributed by atoms with Crippen LogP contribution in [0.15, 0.2) is 66.7 Å². The largest absolute Gasteiger partial charge is 0.493 e. The summed E-state index contributed by atoms with van der Waals surface area (Å²) in [5, 5.41) is 1.23. The third-order valence-electron chi connectivity index (χ3n) is 5.97. The first-order valence-electron chi connectivity index (χ1n) is 11.5. The van der Waals surface area contributed by atoms with Crippen LogP contribution in [0.4, 0.5) is 13.2 Å². The number of ether oxygens (including phenoxy) is 1. The highest BCUT2D eigenvalue weighted by Crippen LogP contribution is 2.31. The average Bonchev–Trinajstić information content (AvgIpc) is 2.83. The molecule has 0 fully saturated rings. The Balaban J connectivity index is 1.51. The van der Waals surface area contributed by atoms with Crippen LogP contribution in [0.2, 0.25) is 5.02 Å². The van der Waals surface area contributed by atoms with Crippen LogP contribution in [0, 0.1) is 17.5 Å². The van der Waals surface area contributed by atoms with Crippen molar-refractivity contribution in [3.63, 3.8) is 0 Å². The molecule has 0 aliphatic heterocycles. The summed E-state index contributed by atoms with van der Waals surface area (Å²) in [6, 6.07) is 18.3. The smallest absolute Gasteiger partial charge is 0.142 e. The molecule has 5 heteroatoms. The van der Waals surface area contributed by atoms with Crippen LogP contribution in [-0.4, -0.2) is 6.61 Å². The molecule has 4 rings (SSSR count). The number of fused-ring (bicyclic) bond motifs is 1. The van der Waals surface area contributed by atoms with Crippen LogP contribution in [0.1, 0.15) is 37.3 Å². The number of halogens is 4. The van der Waals surface area contributed by atoms with Crippen molar-refractivity contribution in [2.75, 3.05) is 6.61 Å². The van der Waals surface area contributed by atoms with Crippen LogP contribution < -0.4 is 4.74 Å². The third kappa shape index (κ3) is 5.56. The predicted octanol–water partition coefficient (Wildman–Crippen LogP) is 8.93. The van der Waals surface area contributed by atoms with Crippen molar-refractivity contribution in [1.82, 2.24) is 0 Å². The van der Waals surface area contributed by atoms with E-state index in [2.05, 4.69) is 6.92 Å². The SMILES string of the molecule is CCCCCOc1ccc(-c2ccc3c(F)c(CCc4ccc(Cl)c(F)c4)ccc3c2)c(F)c1. The Morgan fingerprint density at radius 3 is 2.41 bits per heavy atom. The standard InChI is InChI=1S/C29H26ClF3O/c1-2-3-4-15-34-23-11-13-24(27(31)18-23)21-10-12-25-22(17-21)9-8-20(29(25)33)7-5-19-6-14-26(30)28(32)16-19/h6,8-14,16-18H,2-5,7,15H2,1H3. The van der Waals surface area contributed by atoms with Crippen LogP contribution >= 0.6 is 11.6 Å². The fourth-order valence-corrected chi connectivity index (χ4v) is 4.15. The molecule has 0 spiro atoms. The van der Waals surface area contributed by atoms with Crippen LogP contribution in [0.3, 0.4) is 0 Å². The molecule has 0 unspecified atom stereocenters. The predicted molar refractivity (Wildman–Crippen MR) is 133 cm³/mol. The van der Waals surface area contributed by atoms with Gasteiger partial charge >= 0.3 is 0 Å². The van der Waals surface area contributed by atoms with E-state index in [1.807, 2.05) is 6.07 Å². The molecule has 0 heterocycles. The van der Waals surface area contributed by atoms with Crippen LogP contribution in [0.5, 0.6) is 5.75 Å². The van der Waals surface area contributed by atoms with Gasteiger partial charge < -0.3 is 4.74 Å². The Morgan fingerprint density at radius 2 is 1.65 bits per heavy atom. The van der Waals surface area contributed by atoms with Gasteiger partial charge in [-0.2, -0.15) is 0 Å². The minimum Gasteiger partial charge on any atom is -0.493 e. The fraction of sp³-hybridized carbons (Fsp3) is 0.241. The molecule has 4 aromatic carbocycles. The van der Waals surface area contributed by atoms with Gasteiger partial charge in [-0.1, -0.05) is 61.7 Å². The van der Waals surface area contributed by atoms with E-state index in [-0.39, 0.29) is 16.7 Å². The van der Waals surface area contributed by atoms with Crippen molar-refractivity contribution in [3.05, 3.63) is 100 Å². The number of aryl methyl sites for hydroxylation is 2. The molecule has 0 atom stereocenters. The monoisotopic (exact) mass is 482 g/mol. The number of unbranched alkanes of at least 4 members (excludes halogenated alkanes) is 2. The van der Waals surface area contributed by atoms with Crippen molar-refractivity contribution in [3.8, 4) is 16.9 Å². The first kappa shape index (κ1) is 24.2. The second-order valence-electron chi connectivity index (χ2n) is 8.42. The number of benzene rings is 4. The Hall–Kier alpha value is -2.98. The molecule has 0 amide bonds. The van der Waals surface area contributed by atoms with E-state index < -0.39 is 5.82 Å². The lowest BCUT2D eigenvalue weighted by Crippen LogP contribution is -1.98. The molecule has 0 radical (unpaired) electrons. The van der Waals surface area contributed by atoms with Gasteiger partial charge in [0.15, 0.2) is 0 Å². The summed E-state index contributed by atoms with van der Waals surface area (Å²) < 4.78 is 49.2. The molecule has 0 saturated heterocycles. The van der Waals surface area contributed by atoms with Gasteiger partial charge in [0.05, 0.1) is 11.6 Å². The summed E-state index contributed by atoms with van der Waals surface area (Å²) in [6.07, 6.45) is 4.04. The van der Waals surface area contributed by atoms with E-state index in [0.29, 0.717) is 52.7 Å². The third-order valence-corrected chi connectivity index (χ3v) is 6.28. The Morgan fingerprint density at radius 1 is 0.794 bits per heavy atom. The lowest BCUT2D eigenvalue weighted by Gasteiger charge is -2.11. The molecular formula is C29H26ClF3O. The van der Waals surface area contributed by atoms with Crippen molar-refractivity contribution >= 4 is 22.4 Å². The highest BCUT2D eigenvalue weighted by molar-refractivity contribution is 6.30. The fourth-order valence-electron chi connectivity index (χ4n) is 4.03. The molecule has 1 nitrogen and oxygen atoms in total. The number of hydrogen-bond acceptors (Lipinski definition) is 1. The van der Waals surface area contributed by atoms with E-state index in [0.717, 1.165) is 24.8 Å². The topological polar surface area (TPSA) is 9.23 Å². The average molecular weight is 483 g/mol. The van der Waals surface area contributed by atoms with E-state index in [9.17, 15) is 8.78 Å². The van der Waals surface area contributed by atoms with Gasteiger partial charge in [0.1, 0.15) is 23.2 Å². The zero-order valence-electron chi connectivity index (χ0n) is 19.0. The second kappa shape index (κ2) is 11.0. The molecule has 0 bridgehead atoms. The zero-order valence-corrected chi connectivity index (χ0v) is 19.8. The molecule has 176 valence electrons. The van der Waals surface area contributed by atoms with Gasteiger partial charge in [0, 0.05) is 17.0 Å². The highest BCUT2D eigenvalue weighted by Gasteiger charge is 2.12. The molecule has 34 heavy (non-hydrogen) atoms. The summed E-state index contributed by atoms with van der Waals surface area (Å²) in [5.74, 6) is -0.655. The highest BCUT2D eigenvalue weighted by atomic mass is 35.5. The maximum atomic E-state index is 15.2. The Labute approximate surface area is 203 Å². The molecule has 0 aromatic heterocycles. The molecule has 4 aromatic rings. The quantitative estimate of drug-likeness (QED) is 0.216. The summed E-state index contributed by atoms with van der Waals surface area (Å²) in [7, 11) is 0. The maximum absolute atomic E-state index is 15.2. The summed E-state index contributed by atoms with van der Waals surface area (Å²) >= 11 is 5.73. The minimum atomic E-state index is -0.478. The van der Waals surface area contributed by atoms with Gasteiger partial charge in [0.2, 0.25) is 0 Å². The molecule has 0 aliphatic carbocycles. The number of hydrogen-bond donors (Lipinski definition) is 0. The molecule has 0 saturated carbocycles. The van der Waals surface area contributed by atoms with Crippen LogP contribution in [0.25, 0.3) is 21.9 Å². The van der Waals surface area contributed by atoms with E-state index in [1.165, 1.54) is 18.2 Å². The Bertz CT molecular complexity index is 1300. The summed E-state index contributed by atoms with van der Waals surface area (Å²) in [6.45, 7) is 2.69. The van der Waals surface area contributed by atoms with Crippen molar-refractivity contribution < 1.29 is 17.9 Å². The summed E-state index contributed by atoms with van der Waals surface area (Å²) in [4.78, 5) is 0. The van der Waals surface area contributed by atoms with Gasteiger partial charge in [-0.25, -0.2) is 13.2 Å². The van der Waals surface area contributed by atoms with E-state index in [4.69, 9.17) is 16.3 Å². The van der Waals surface area contributed by atoms with E-state index in [1.54, 1.807) is 42.5 Å². The number of rotatable bonds is 9. The first-order chi connectivity index (χ1) is 16.5. The first-order valence-corrected chi connectivity index (χ1v) is 11.9. The molecule has 0 aliphatic rings. The Kier molecular flexibility index (Phi) is 7.79. The van der Waals surface area contributed by atoms with Crippen molar-refractivity contribution in [1.29, 1.82) is 0 Å². The second-order valence-corrected chi connectivity index (χ2v) is 8.83. The minimum absolute atomic E-state index is 0.0713. The molecular weight excluding hydrogens is 457 g/mol. The maximum Gasteiger partial charge on any atom is 0.142 e. The van der Waals surface area contributed by atoms with Gasteiger partial charge in [-0.3, -0.25) is 0 Å². The van der Waals surface area contributed by atoms with Gasteiger partial charge in [-0.15, -0.1) is 0 Å². The van der Waals surface area contributed by atoms with Gasteiger partial charge in [0.25, 0.3) is 0 Å². The normalized spacial score (nSPS) is 11.2. The van der Waals surface area contributed by atoms with E-state index >= 15 is 4.39 Å². The lowest BCUT2D eigenvalue weighted by molar-refractivity contribution is 0.305. The zero-order chi connectivity index (χ0) is 24.1. The van der Waals surface area contributed by atoms with Crippen molar-refractivity contribution in [2.45, 2.75) is 39.0 Å². The van der Waals surface area contributed by atoms with Crippen molar-refractivity contribution in [2.24, 2.45) is 0 Å². The molecule has 0 N–H and O–H groups in total. The lowest BCUT2D eigenvalue weighted by atomic mass is 9.97. The van der Waals surface area contributed by atoms with Gasteiger partial charge in [-0.05, 0) is 71.7 Å².